The summed E-state index contributed by atoms with van der Waals surface area (Å²) in [7, 11) is 0. The van der Waals surface area contributed by atoms with Crippen LogP contribution < -0.4 is 22.1 Å². The highest BCUT2D eigenvalue weighted by molar-refractivity contribution is 5.93. The third-order valence-electron chi connectivity index (χ3n) is 3.85. The van der Waals surface area contributed by atoms with Gasteiger partial charge in [0.2, 0.25) is 0 Å². The molecule has 0 aliphatic heterocycles. The van der Waals surface area contributed by atoms with Gasteiger partial charge in [-0.3, -0.25) is 39.4 Å². The van der Waals surface area contributed by atoms with E-state index in [0.717, 1.165) is 10.1 Å². The molecule has 0 radical (unpaired) electrons. The first kappa shape index (κ1) is 18.8. The maximum atomic E-state index is 12.5. The summed E-state index contributed by atoms with van der Waals surface area (Å²) in [4.78, 5) is 52.3. The minimum atomic E-state index is -0.721. The van der Waals surface area contributed by atoms with E-state index in [-0.39, 0.29) is 12.2 Å². The summed E-state index contributed by atoms with van der Waals surface area (Å²) in [6.07, 6.45) is 2.82. The van der Waals surface area contributed by atoms with Crippen molar-refractivity contribution >= 4 is 11.8 Å². The van der Waals surface area contributed by atoms with Crippen LogP contribution in [-0.2, 0) is 17.9 Å². The lowest BCUT2D eigenvalue weighted by molar-refractivity contribution is -0.122. The smallest absolute Gasteiger partial charge is 0.296 e. The van der Waals surface area contributed by atoms with Crippen LogP contribution in [0.5, 0.6) is 0 Å². The molecular weight excluding hydrogens is 362 g/mol. The second-order valence-corrected chi connectivity index (χ2v) is 5.85. The van der Waals surface area contributed by atoms with E-state index in [1.165, 1.54) is 29.1 Å². The fourth-order valence-electron chi connectivity index (χ4n) is 2.47. The van der Waals surface area contributed by atoms with Crippen LogP contribution in [0.2, 0.25) is 0 Å². The predicted octanol–water partition coefficient (Wildman–Crippen LogP) is -0.0855. The molecule has 0 aliphatic rings. The van der Waals surface area contributed by atoms with Crippen molar-refractivity contribution in [1.29, 1.82) is 0 Å². The number of nitrogens with one attached hydrogen (secondary N) is 2. The molecule has 0 unspecified atom stereocenters. The highest BCUT2D eigenvalue weighted by atomic mass is 16.2. The average Bonchev–Trinajstić information content (AvgIpc) is 2.73. The lowest BCUT2D eigenvalue weighted by Gasteiger charge is -2.11. The van der Waals surface area contributed by atoms with E-state index in [4.69, 9.17) is 0 Å². The molecule has 0 fully saturated rings. The number of hydrogen-bond acceptors (Lipinski definition) is 5. The van der Waals surface area contributed by atoms with Crippen LogP contribution in [0.4, 0.5) is 0 Å². The van der Waals surface area contributed by atoms with Crippen molar-refractivity contribution < 1.29 is 9.59 Å². The van der Waals surface area contributed by atoms with Gasteiger partial charge in [0.1, 0.15) is 12.2 Å². The SMILES string of the molecule is O=C(Cn1c(=O)ccn(Cc2ccccc2)c1=O)NNC(=O)c1ccccn1. The second kappa shape index (κ2) is 8.58. The predicted molar refractivity (Wildman–Crippen MR) is 100 cm³/mol. The fraction of sp³-hybridized carbons (Fsp3) is 0.105. The van der Waals surface area contributed by atoms with Crippen LogP contribution in [-0.4, -0.2) is 25.9 Å². The largest absolute Gasteiger partial charge is 0.331 e. The van der Waals surface area contributed by atoms with E-state index < -0.39 is 29.6 Å². The van der Waals surface area contributed by atoms with Gasteiger partial charge >= 0.3 is 5.69 Å². The number of benzene rings is 1. The van der Waals surface area contributed by atoms with E-state index in [2.05, 4.69) is 15.8 Å². The molecule has 2 amide bonds. The Morgan fingerprint density at radius 1 is 0.929 bits per heavy atom. The molecular formula is C19H17N5O4. The van der Waals surface area contributed by atoms with Crippen molar-refractivity contribution in [2.24, 2.45) is 0 Å². The molecule has 2 heterocycles. The van der Waals surface area contributed by atoms with Gasteiger partial charge in [0.25, 0.3) is 17.4 Å². The van der Waals surface area contributed by atoms with E-state index >= 15 is 0 Å². The Morgan fingerprint density at radius 3 is 2.39 bits per heavy atom. The zero-order chi connectivity index (χ0) is 19.9. The molecule has 2 aromatic heterocycles. The Hall–Kier alpha value is -4.01. The first-order valence-electron chi connectivity index (χ1n) is 8.39. The van der Waals surface area contributed by atoms with Crippen LogP contribution in [0.25, 0.3) is 0 Å². The lowest BCUT2D eigenvalue weighted by atomic mass is 10.2. The molecule has 9 heteroatoms. The number of rotatable bonds is 5. The van der Waals surface area contributed by atoms with Gasteiger partial charge in [-0.1, -0.05) is 36.4 Å². The molecule has 1 aromatic carbocycles. The van der Waals surface area contributed by atoms with Gasteiger partial charge in [0.15, 0.2) is 0 Å². The van der Waals surface area contributed by atoms with Gasteiger partial charge in [0, 0.05) is 18.5 Å². The number of hydrogen-bond donors (Lipinski definition) is 2. The van der Waals surface area contributed by atoms with Crippen molar-refractivity contribution in [3.63, 3.8) is 0 Å². The van der Waals surface area contributed by atoms with Gasteiger partial charge in [-0.25, -0.2) is 4.79 Å². The molecule has 9 nitrogen and oxygen atoms in total. The van der Waals surface area contributed by atoms with Crippen LogP contribution >= 0.6 is 0 Å². The monoisotopic (exact) mass is 379 g/mol. The summed E-state index contributed by atoms with van der Waals surface area (Å²) in [5.74, 6) is -1.34. The van der Waals surface area contributed by atoms with E-state index in [9.17, 15) is 19.2 Å². The van der Waals surface area contributed by atoms with Crippen molar-refractivity contribution in [2.45, 2.75) is 13.1 Å². The van der Waals surface area contributed by atoms with Crippen molar-refractivity contribution in [3.8, 4) is 0 Å². The lowest BCUT2D eigenvalue weighted by Crippen LogP contribution is -2.47. The molecule has 142 valence electrons. The fourth-order valence-corrected chi connectivity index (χ4v) is 2.47. The average molecular weight is 379 g/mol. The summed E-state index contributed by atoms with van der Waals surface area (Å²) in [5.41, 5.74) is 4.11. The number of aromatic nitrogens is 3. The number of hydrazine groups is 1. The van der Waals surface area contributed by atoms with Gasteiger partial charge in [-0.05, 0) is 17.7 Å². The molecule has 0 atom stereocenters. The Kier molecular flexibility index (Phi) is 5.75. The maximum Gasteiger partial charge on any atom is 0.331 e. The minimum Gasteiger partial charge on any atom is -0.296 e. The van der Waals surface area contributed by atoms with E-state index in [0.29, 0.717) is 0 Å². The van der Waals surface area contributed by atoms with Crippen molar-refractivity contribution in [2.75, 3.05) is 0 Å². The van der Waals surface area contributed by atoms with Gasteiger partial charge in [-0.2, -0.15) is 0 Å². The number of amides is 2. The third-order valence-corrected chi connectivity index (χ3v) is 3.85. The van der Waals surface area contributed by atoms with Crippen LogP contribution in [0.15, 0.2) is 76.6 Å². The van der Waals surface area contributed by atoms with E-state index in [1.54, 1.807) is 12.1 Å². The maximum absolute atomic E-state index is 12.5. The zero-order valence-electron chi connectivity index (χ0n) is 14.7. The van der Waals surface area contributed by atoms with Crippen molar-refractivity contribution in [3.05, 3.63) is 99.1 Å². The van der Waals surface area contributed by atoms with Crippen LogP contribution in [0.1, 0.15) is 16.1 Å². The highest BCUT2D eigenvalue weighted by Gasteiger charge is 2.12. The molecule has 0 aliphatic carbocycles. The topological polar surface area (TPSA) is 115 Å². The molecule has 3 rings (SSSR count). The van der Waals surface area contributed by atoms with Crippen LogP contribution in [0, 0.1) is 0 Å². The number of carbonyl (C=O) groups excluding carboxylic acids is 2. The zero-order valence-corrected chi connectivity index (χ0v) is 14.7. The summed E-state index contributed by atoms with van der Waals surface area (Å²) in [6, 6.07) is 15.2. The first-order valence-corrected chi connectivity index (χ1v) is 8.39. The van der Waals surface area contributed by atoms with Crippen molar-refractivity contribution in [1.82, 2.24) is 25.0 Å². The second-order valence-electron chi connectivity index (χ2n) is 5.85. The highest BCUT2D eigenvalue weighted by Crippen LogP contribution is 1.99. The molecule has 0 saturated heterocycles. The quantitative estimate of drug-likeness (QED) is 0.602. The van der Waals surface area contributed by atoms with Gasteiger partial charge in [0.05, 0.1) is 6.54 Å². The van der Waals surface area contributed by atoms with E-state index in [1.807, 2.05) is 30.3 Å². The minimum absolute atomic E-state index is 0.116. The summed E-state index contributed by atoms with van der Waals surface area (Å²) < 4.78 is 2.13. The molecule has 0 spiro atoms. The molecule has 0 bridgehead atoms. The molecule has 0 saturated carbocycles. The standard InChI is InChI=1S/C19H17N5O4/c25-16(21-22-18(27)15-8-4-5-10-20-15)13-24-17(26)9-11-23(19(24)28)12-14-6-2-1-3-7-14/h1-11H,12-13H2,(H,21,25)(H,22,27). The summed E-state index contributed by atoms with van der Waals surface area (Å²) in [5, 5.41) is 0. The Bertz CT molecular complexity index is 1090. The number of pyridine rings is 1. The third kappa shape index (κ3) is 4.58. The first-order chi connectivity index (χ1) is 13.5. The van der Waals surface area contributed by atoms with Gasteiger partial charge < -0.3 is 0 Å². The summed E-state index contributed by atoms with van der Waals surface area (Å²) in [6.45, 7) is -0.270. The van der Waals surface area contributed by atoms with Crippen LogP contribution in [0.3, 0.4) is 0 Å². The van der Waals surface area contributed by atoms with Gasteiger partial charge in [-0.15, -0.1) is 0 Å². The number of carbonyl (C=O) groups is 2. The summed E-state index contributed by atoms with van der Waals surface area (Å²) >= 11 is 0. The molecule has 3 aromatic rings. The normalized spacial score (nSPS) is 10.3. The molecule has 2 N–H and O–H groups in total. The Morgan fingerprint density at radius 2 is 1.68 bits per heavy atom. The number of nitrogens with zero attached hydrogens (tertiary/aromatic N) is 3. The molecule has 28 heavy (non-hydrogen) atoms. The Labute approximate surface area is 159 Å². The Balaban J connectivity index is 1.68.